The van der Waals surface area contributed by atoms with E-state index in [-0.39, 0.29) is 36.1 Å². The van der Waals surface area contributed by atoms with Crippen molar-refractivity contribution in [3.8, 4) is 0 Å². The summed E-state index contributed by atoms with van der Waals surface area (Å²) in [6.45, 7) is 1.97. The maximum atomic E-state index is 14.3. The third-order valence-corrected chi connectivity index (χ3v) is 5.49. The maximum absolute atomic E-state index is 14.3. The highest BCUT2D eigenvalue weighted by molar-refractivity contribution is 6.03. The van der Waals surface area contributed by atoms with Crippen LogP contribution in [-0.4, -0.2) is 41.0 Å². The number of halogens is 1. The van der Waals surface area contributed by atoms with Gasteiger partial charge in [-0.3, -0.25) is 9.59 Å². The molecule has 1 aliphatic heterocycles. The van der Waals surface area contributed by atoms with Crippen LogP contribution in [0.3, 0.4) is 0 Å². The summed E-state index contributed by atoms with van der Waals surface area (Å²) in [6.07, 6.45) is 2.21. The number of rotatable bonds is 5. The first-order chi connectivity index (χ1) is 13.9. The number of hydrazone groups is 1. The molecule has 1 aliphatic carbocycles. The van der Waals surface area contributed by atoms with Crippen LogP contribution in [0.2, 0.25) is 0 Å². The van der Waals surface area contributed by atoms with Crippen LogP contribution in [0.15, 0.2) is 53.6 Å². The zero-order chi connectivity index (χ0) is 20.5. The largest absolute Gasteiger partial charge is 0.336 e. The predicted molar refractivity (Wildman–Crippen MR) is 109 cm³/mol. The number of likely N-dealkylation sites (N-methyl/N-ethyl adjacent to an activating group) is 1. The number of hydrogen-bond acceptors (Lipinski definition) is 3. The molecule has 0 spiro atoms. The lowest BCUT2D eigenvalue weighted by Gasteiger charge is -2.25. The van der Waals surface area contributed by atoms with E-state index < -0.39 is 0 Å². The minimum absolute atomic E-state index is 0.00254. The Bertz CT molecular complexity index is 966. The van der Waals surface area contributed by atoms with Gasteiger partial charge in [0, 0.05) is 24.9 Å². The van der Waals surface area contributed by atoms with Gasteiger partial charge < -0.3 is 4.90 Å². The van der Waals surface area contributed by atoms with Crippen molar-refractivity contribution in [3.63, 3.8) is 0 Å². The Labute approximate surface area is 169 Å². The zero-order valence-electron chi connectivity index (χ0n) is 16.6. The minimum Gasteiger partial charge on any atom is -0.336 e. The molecule has 2 aromatic rings. The van der Waals surface area contributed by atoms with E-state index in [0.717, 1.165) is 24.0 Å². The number of carbonyl (C=O) groups excluding carboxylic acids is 2. The maximum Gasteiger partial charge on any atom is 0.262 e. The molecule has 5 nitrogen and oxygen atoms in total. The molecule has 4 rings (SSSR count). The number of aryl methyl sites for hydroxylation is 1. The Hall–Kier alpha value is -3.02. The van der Waals surface area contributed by atoms with Gasteiger partial charge in [0.2, 0.25) is 5.91 Å². The zero-order valence-corrected chi connectivity index (χ0v) is 16.6. The smallest absolute Gasteiger partial charge is 0.262 e. The van der Waals surface area contributed by atoms with Gasteiger partial charge >= 0.3 is 0 Å². The van der Waals surface area contributed by atoms with Crippen molar-refractivity contribution in [1.82, 2.24) is 9.91 Å². The fourth-order valence-corrected chi connectivity index (χ4v) is 3.64. The van der Waals surface area contributed by atoms with Crippen molar-refractivity contribution in [2.75, 3.05) is 13.6 Å². The molecule has 0 radical (unpaired) electrons. The van der Waals surface area contributed by atoms with Crippen molar-refractivity contribution in [2.45, 2.75) is 32.2 Å². The monoisotopic (exact) mass is 393 g/mol. The minimum atomic E-state index is -0.357. The van der Waals surface area contributed by atoms with Gasteiger partial charge in [-0.1, -0.05) is 48.0 Å². The quantitative estimate of drug-likeness (QED) is 0.778. The summed E-state index contributed by atoms with van der Waals surface area (Å²) < 4.78 is 14.3. The van der Waals surface area contributed by atoms with E-state index in [2.05, 4.69) is 5.10 Å². The van der Waals surface area contributed by atoms with Gasteiger partial charge in [0.25, 0.3) is 5.91 Å². The Morgan fingerprint density at radius 1 is 1.14 bits per heavy atom. The van der Waals surface area contributed by atoms with E-state index in [1.54, 1.807) is 25.2 Å². The second-order valence-corrected chi connectivity index (χ2v) is 7.86. The van der Waals surface area contributed by atoms with Crippen LogP contribution in [0.1, 0.15) is 42.0 Å². The van der Waals surface area contributed by atoms with Gasteiger partial charge in [-0.15, -0.1) is 0 Å². The summed E-state index contributed by atoms with van der Waals surface area (Å²) in [5.41, 5.74) is 3.00. The molecule has 0 aromatic heterocycles. The molecule has 2 aromatic carbocycles. The second kappa shape index (κ2) is 7.78. The molecule has 1 heterocycles. The van der Waals surface area contributed by atoms with Crippen molar-refractivity contribution < 1.29 is 14.0 Å². The van der Waals surface area contributed by atoms with E-state index in [1.807, 2.05) is 31.2 Å². The Kier molecular flexibility index (Phi) is 5.18. The molecular formula is C23H24FN3O2. The summed E-state index contributed by atoms with van der Waals surface area (Å²) in [5, 5.41) is 5.91. The number of carbonyl (C=O) groups is 2. The number of hydrogen-bond donors (Lipinski definition) is 0. The van der Waals surface area contributed by atoms with Gasteiger partial charge in [0.1, 0.15) is 12.4 Å². The first kappa shape index (κ1) is 19.3. The van der Waals surface area contributed by atoms with Gasteiger partial charge in [-0.25, -0.2) is 9.40 Å². The van der Waals surface area contributed by atoms with E-state index in [0.29, 0.717) is 17.7 Å². The molecule has 2 amide bonds. The summed E-state index contributed by atoms with van der Waals surface area (Å²) in [7, 11) is 1.65. The van der Waals surface area contributed by atoms with Crippen LogP contribution in [0.5, 0.6) is 0 Å². The topological polar surface area (TPSA) is 53.0 Å². The second-order valence-electron chi connectivity index (χ2n) is 7.86. The molecule has 6 heteroatoms. The van der Waals surface area contributed by atoms with Crippen LogP contribution < -0.4 is 0 Å². The number of amides is 2. The number of nitrogens with zero attached hydrogens (tertiary/aromatic N) is 3. The summed E-state index contributed by atoms with van der Waals surface area (Å²) in [4.78, 5) is 26.8. The van der Waals surface area contributed by atoms with E-state index >= 15 is 0 Å². The molecule has 2 aliphatic rings. The van der Waals surface area contributed by atoms with Crippen LogP contribution in [-0.2, 0) is 9.59 Å². The fourth-order valence-electron chi connectivity index (χ4n) is 3.64. The third kappa shape index (κ3) is 4.06. The molecule has 150 valence electrons. The molecule has 0 saturated heterocycles. The van der Waals surface area contributed by atoms with Crippen LogP contribution >= 0.6 is 0 Å². The van der Waals surface area contributed by atoms with Gasteiger partial charge in [0.15, 0.2) is 0 Å². The average Bonchev–Trinajstić information content (AvgIpc) is 3.47. The molecule has 1 saturated carbocycles. The van der Waals surface area contributed by atoms with E-state index in [9.17, 15) is 14.0 Å². The average molecular weight is 393 g/mol. The molecule has 1 unspecified atom stereocenters. The van der Waals surface area contributed by atoms with E-state index in [1.165, 1.54) is 16.0 Å². The lowest BCUT2D eigenvalue weighted by molar-refractivity contribution is -0.141. The SMILES string of the molecule is Cc1ccc(C2CC(c3ccccc3F)=NN2C(=O)CN(C)C(=O)C2CC2)cc1. The van der Waals surface area contributed by atoms with Crippen molar-refractivity contribution in [2.24, 2.45) is 11.0 Å². The van der Waals surface area contributed by atoms with Crippen molar-refractivity contribution in [1.29, 1.82) is 0 Å². The van der Waals surface area contributed by atoms with E-state index in [4.69, 9.17) is 0 Å². The van der Waals surface area contributed by atoms with Gasteiger partial charge in [-0.05, 0) is 31.4 Å². The Balaban J connectivity index is 1.61. The molecule has 0 bridgehead atoms. The highest BCUT2D eigenvalue weighted by Gasteiger charge is 2.37. The fraction of sp³-hybridized carbons (Fsp3) is 0.348. The summed E-state index contributed by atoms with van der Waals surface area (Å²) in [6, 6.07) is 14.1. The lowest BCUT2D eigenvalue weighted by atomic mass is 9.97. The van der Waals surface area contributed by atoms with Gasteiger partial charge in [0.05, 0.1) is 11.8 Å². The first-order valence-electron chi connectivity index (χ1n) is 9.90. The van der Waals surface area contributed by atoms with Crippen molar-refractivity contribution >= 4 is 17.5 Å². The third-order valence-electron chi connectivity index (χ3n) is 5.49. The summed E-state index contributed by atoms with van der Waals surface area (Å²) in [5.74, 6) is -0.567. The van der Waals surface area contributed by atoms with Gasteiger partial charge in [-0.2, -0.15) is 5.10 Å². The highest BCUT2D eigenvalue weighted by atomic mass is 19.1. The predicted octanol–water partition coefficient (Wildman–Crippen LogP) is 3.68. The summed E-state index contributed by atoms with van der Waals surface area (Å²) >= 11 is 0. The van der Waals surface area contributed by atoms with Crippen molar-refractivity contribution in [3.05, 3.63) is 71.0 Å². The normalized spacial score (nSPS) is 18.5. The standard InChI is InChI=1S/C23H24FN3O2/c1-15-7-9-16(10-8-15)21-13-20(18-5-3-4-6-19(18)24)25-27(21)22(28)14-26(2)23(29)17-11-12-17/h3-10,17,21H,11-14H2,1-2H3. The Morgan fingerprint density at radius 3 is 2.48 bits per heavy atom. The highest BCUT2D eigenvalue weighted by Crippen LogP contribution is 2.34. The van der Waals surface area contributed by atoms with Crippen LogP contribution in [0, 0.1) is 18.7 Å². The molecule has 1 atom stereocenters. The molecule has 29 heavy (non-hydrogen) atoms. The lowest BCUT2D eigenvalue weighted by Crippen LogP contribution is -2.39. The molecular weight excluding hydrogens is 369 g/mol. The van der Waals surface area contributed by atoms with Crippen LogP contribution in [0.25, 0.3) is 0 Å². The number of benzene rings is 2. The Morgan fingerprint density at radius 2 is 1.83 bits per heavy atom. The molecule has 1 fully saturated rings. The first-order valence-corrected chi connectivity index (χ1v) is 9.90. The molecule has 0 N–H and O–H groups in total. The van der Waals surface area contributed by atoms with Crippen LogP contribution in [0.4, 0.5) is 4.39 Å².